The molecule has 0 amide bonds. The molecule has 10 aromatic carbocycles. The molecule has 0 aromatic heterocycles. The minimum atomic E-state index is -3.30. The maximum Gasteiger partial charge on any atom is 0.342 e. The van der Waals surface area contributed by atoms with E-state index < -0.39 is 435 Å². The maximum atomic E-state index is 16.2. The molecule has 10 atom stereocenters. The smallest absolute Gasteiger partial charge is 0.342 e. The Hall–Kier alpha value is -19.2. The lowest BCUT2D eigenvalue weighted by Gasteiger charge is -2.40. The molecule has 0 fully saturated rings. The minimum absolute atomic E-state index is 0.00147. The molecule has 9 aliphatic heterocycles. The van der Waals surface area contributed by atoms with Crippen molar-refractivity contribution in [3.8, 4) is 234 Å². The van der Waals surface area contributed by atoms with Crippen molar-refractivity contribution in [3.05, 3.63) is 109 Å². The lowest BCUT2D eigenvalue weighted by Crippen LogP contribution is -2.56. The summed E-state index contributed by atoms with van der Waals surface area (Å²) in [6.07, 6.45) is -31.1. The normalized spacial score (nSPS) is 20.2. The van der Waals surface area contributed by atoms with Crippen LogP contribution in [-0.4, -0.2) is 282 Å². The number of esters is 10. The van der Waals surface area contributed by atoms with Crippen molar-refractivity contribution in [1.82, 2.24) is 0 Å². The molecule has 19 rings (SSSR count). The Bertz CT molecular complexity index is 7200. The summed E-state index contributed by atoms with van der Waals surface area (Å²) in [4.78, 5) is 154. The average molecular weight is 1880 g/mol. The summed E-state index contributed by atoms with van der Waals surface area (Å²) >= 11 is 0. The van der Waals surface area contributed by atoms with Crippen LogP contribution in [0.1, 0.15) is 127 Å². The molecule has 30 N–H and O–H groups in total. The molecule has 10 aromatic rings. The van der Waals surface area contributed by atoms with Crippen molar-refractivity contribution < 1.29 is 258 Å². The van der Waals surface area contributed by atoms with Crippen LogP contribution < -0.4 is 9.47 Å². The van der Waals surface area contributed by atoms with E-state index in [2.05, 4.69) is 0 Å². The third-order valence-electron chi connectivity index (χ3n) is 22.9. The van der Waals surface area contributed by atoms with Gasteiger partial charge >= 0.3 is 59.7 Å². The first-order valence-corrected chi connectivity index (χ1v) is 37.7. The van der Waals surface area contributed by atoms with Crippen molar-refractivity contribution in [2.24, 2.45) is 0 Å². The molecule has 135 heavy (non-hydrogen) atoms. The highest BCUT2D eigenvalue weighted by Gasteiger charge is 2.59. The van der Waals surface area contributed by atoms with Gasteiger partial charge in [0, 0.05) is 78.9 Å². The average Bonchev–Trinajstić information content (AvgIpc) is 1.14. The Morgan fingerprint density at radius 1 is 0.267 bits per heavy atom. The third kappa shape index (κ3) is 12.6. The Balaban J connectivity index is 0.863. The number of carbonyl (C=O) groups excluding carboxylic acids is 10. The number of methoxy groups -OCH3 is 1. The van der Waals surface area contributed by atoms with Crippen molar-refractivity contribution in [1.29, 1.82) is 0 Å². The van der Waals surface area contributed by atoms with Crippen LogP contribution >= 0.6 is 0 Å². The Kier molecular flexibility index (Phi) is 19.9. The number of hydrogen-bond donors (Lipinski definition) is 30. The second-order valence-electron chi connectivity index (χ2n) is 30.1. The van der Waals surface area contributed by atoms with Gasteiger partial charge in [0.2, 0.25) is 63.2 Å². The van der Waals surface area contributed by atoms with Gasteiger partial charge < -0.3 is 210 Å². The molecule has 0 radical (unpaired) electrons. The van der Waals surface area contributed by atoms with Gasteiger partial charge in [0.05, 0.1) is 57.2 Å². The van der Waals surface area contributed by atoms with E-state index in [0.29, 0.717) is 6.07 Å². The maximum absolute atomic E-state index is 16.2. The SMILES string of the molecule is COc1cc2c(c(O)c1O)-c1c(cc(O)c(O)c1O)C(=O)OCC(OC(=O)c1cc(O)c(O)c(O)c1Oc1cc3c(c(O)c1O)-c1c(cc(O)c(O)c1O)C(=O)OCC1OC(=O)c4cc(O)c(O)c(O)c4-c4c(O)c(O)c(O)c5c4C(=O)OC(C1OC3=O)C1OC(=O)c3c-5c(O)c(O)c(O)c3C1O)C(C1OC(=O)c3cc(O)c(O)c(O)c3-c3c(O)c(O)c(O)c4c3C(=O)OC1C4O)OC2=O. The van der Waals surface area contributed by atoms with E-state index in [9.17, 15) is 172 Å². The fraction of sp³-hybridized carbons (Fsp3) is 0.157. The second kappa shape index (κ2) is 30.5. The van der Waals surface area contributed by atoms with Crippen LogP contribution in [0, 0.1) is 0 Å². The zero-order valence-electron chi connectivity index (χ0n) is 66.1. The van der Waals surface area contributed by atoms with Gasteiger partial charge in [0.25, 0.3) is 0 Å². The van der Waals surface area contributed by atoms with Crippen LogP contribution in [0.15, 0.2) is 42.5 Å². The number of fused-ring (bicyclic) bond motifs is 13. The quantitative estimate of drug-likeness (QED) is 0.0644. The number of cyclic esters (lactones) is 3. The number of aliphatic hydroxyl groups excluding tert-OH is 2. The van der Waals surface area contributed by atoms with Gasteiger partial charge in [-0.3, -0.25) is 0 Å². The Morgan fingerprint density at radius 2 is 0.556 bits per heavy atom. The lowest BCUT2D eigenvalue weighted by molar-refractivity contribution is -0.154. The lowest BCUT2D eigenvalue weighted by atomic mass is 9.80. The fourth-order valence-corrected chi connectivity index (χ4v) is 16.6. The van der Waals surface area contributed by atoms with E-state index in [0.717, 1.165) is 7.11 Å². The predicted octanol–water partition coefficient (Wildman–Crippen LogP) is 3.36. The van der Waals surface area contributed by atoms with Gasteiger partial charge in [-0.15, -0.1) is 0 Å². The van der Waals surface area contributed by atoms with Crippen LogP contribution in [0.3, 0.4) is 0 Å². The van der Waals surface area contributed by atoms with E-state index in [-0.39, 0.29) is 36.4 Å². The van der Waals surface area contributed by atoms with Gasteiger partial charge in [-0.2, -0.15) is 0 Å². The molecule has 9 heterocycles. The summed E-state index contributed by atoms with van der Waals surface area (Å²) < 4.78 is 68.2. The zero-order valence-corrected chi connectivity index (χ0v) is 66.1. The molecule has 9 aliphatic rings. The van der Waals surface area contributed by atoms with Crippen LogP contribution in [-0.2, 0) is 47.4 Å². The molecule has 0 saturated carbocycles. The largest absolute Gasteiger partial charge is 0.504 e. The number of aromatic hydroxyl groups is 28. The van der Waals surface area contributed by atoms with Gasteiger partial charge in [0.1, 0.15) is 31.0 Å². The van der Waals surface area contributed by atoms with Crippen LogP contribution in [0.25, 0.3) is 55.6 Å². The predicted molar refractivity (Wildman–Crippen MR) is 417 cm³/mol. The first-order valence-electron chi connectivity index (χ1n) is 37.7. The molecular weight excluding hydrogens is 1830 g/mol. The summed E-state index contributed by atoms with van der Waals surface area (Å²) in [5, 5.41) is 348. The van der Waals surface area contributed by atoms with Gasteiger partial charge in [-0.05, 0) is 30.3 Å². The van der Waals surface area contributed by atoms with E-state index >= 15 is 28.8 Å². The van der Waals surface area contributed by atoms with E-state index in [1.54, 1.807) is 0 Å². The van der Waals surface area contributed by atoms with Crippen molar-refractivity contribution in [2.75, 3.05) is 20.3 Å². The molecular formula is C83H54O52. The number of phenols is 28. The molecule has 10 unspecified atom stereocenters. The molecule has 698 valence electrons. The number of carbonyl (C=O) groups is 10. The Labute approximate surface area is 739 Å². The Morgan fingerprint density at radius 3 is 0.993 bits per heavy atom. The van der Waals surface area contributed by atoms with E-state index in [1.807, 2.05) is 0 Å². The van der Waals surface area contributed by atoms with Crippen LogP contribution in [0.4, 0.5) is 0 Å². The zero-order chi connectivity index (χ0) is 98.0. The second-order valence-corrected chi connectivity index (χ2v) is 30.1. The summed E-state index contributed by atoms with van der Waals surface area (Å²) in [5.74, 6) is -74.8. The topological polar surface area (TPSA) is 888 Å². The third-order valence-corrected chi connectivity index (χ3v) is 22.9. The first kappa shape index (κ1) is 87.9. The van der Waals surface area contributed by atoms with Crippen LogP contribution in [0.5, 0.6) is 178 Å². The summed E-state index contributed by atoms with van der Waals surface area (Å²) in [6.45, 7) is -3.81. The number of rotatable bonds is 6. The molecule has 0 spiro atoms. The van der Waals surface area contributed by atoms with Crippen molar-refractivity contribution in [2.45, 2.75) is 61.0 Å². The number of ether oxygens (including phenoxy) is 12. The van der Waals surface area contributed by atoms with Gasteiger partial charge in [-0.25, -0.2) is 47.9 Å². The van der Waals surface area contributed by atoms with Gasteiger partial charge in [0.15, 0.2) is 164 Å². The van der Waals surface area contributed by atoms with Gasteiger partial charge in [-0.1, -0.05) is 0 Å². The standard InChI is InChI=1S/C83H54O52/c1-124-23-7-15-29(53(100)47(23)94)27-11(2-18(84)42(89)49(27)96)74(114)126-10-26(68(130-78(15)118)72-70-61(108)40-38(82(122)132-70)34(56(103)64(111)59(40)106)32-14(77(117)134-72)5-21(87)45(92)52(32)99)129-80(120)17-6-22(88)46(93)66(113)67(17)127-24-8-16-30(54(101)48(24)95)28-12(3-19(85)43(90)50(28)97)75(115)125-9-25-69(131-79(16)119)73-71-62(109)41-39(83(123)133-71)36(58(105)65(112)60(41)107)35-37(81(121)135-73)33(55(102)63(110)57(35)104)31-13(76(116)128-25)4-20(86)44(91)51(31)98/h2-8,25-26,61-62,68-73,84-113H,9-10H2,1H3. The monoisotopic (exact) mass is 1880 g/mol. The highest BCUT2D eigenvalue weighted by Crippen LogP contribution is 2.65. The number of benzene rings is 10. The van der Waals surface area contributed by atoms with Crippen molar-refractivity contribution in [3.63, 3.8) is 0 Å². The van der Waals surface area contributed by atoms with Crippen molar-refractivity contribution >= 4 is 59.7 Å². The highest BCUT2D eigenvalue weighted by atomic mass is 16.7. The van der Waals surface area contributed by atoms with E-state index in [1.165, 1.54) is 0 Å². The molecule has 0 aliphatic carbocycles. The first-order chi connectivity index (χ1) is 63.6. The number of phenolic OH excluding ortho intramolecular Hbond substituents is 28. The minimum Gasteiger partial charge on any atom is -0.504 e. The summed E-state index contributed by atoms with van der Waals surface area (Å²) in [5.41, 5.74) is -32.3. The molecule has 52 nitrogen and oxygen atoms in total. The fourth-order valence-electron chi connectivity index (χ4n) is 16.6. The van der Waals surface area contributed by atoms with E-state index in [4.69, 9.17) is 56.8 Å². The van der Waals surface area contributed by atoms with Crippen LogP contribution in [0.2, 0.25) is 0 Å². The summed E-state index contributed by atoms with van der Waals surface area (Å²) in [6, 6.07) is 1.23. The number of aliphatic hydroxyl groups is 2. The molecule has 10 bridgehead atoms. The summed E-state index contributed by atoms with van der Waals surface area (Å²) in [7, 11) is 0.772. The number of hydrogen-bond acceptors (Lipinski definition) is 52. The molecule has 52 heteroatoms. The highest BCUT2D eigenvalue weighted by molar-refractivity contribution is 6.18. The molecule has 0 saturated heterocycles.